The molecule has 0 heterocycles. The number of phenolic OH excluding ortho intramolecular Hbond substituents is 1. The number of phenols is 1. The Bertz CT molecular complexity index is 664. The highest BCUT2D eigenvalue weighted by Gasteiger charge is 2.14. The van der Waals surface area contributed by atoms with Crippen LogP contribution < -0.4 is 0 Å². The molecule has 0 saturated heterocycles. The van der Waals surface area contributed by atoms with Crippen molar-refractivity contribution in [3.8, 4) is 5.75 Å². The molecule has 0 saturated carbocycles. The van der Waals surface area contributed by atoms with Crippen molar-refractivity contribution in [2.45, 2.75) is 47.0 Å². The first kappa shape index (κ1) is 21.8. The Morgan fingerprint density at radius 2 is 2.04 bits per heavy atom. The van der Waals surface area contributed by atoms with Crippen molar-refractivity contribution in [3.63, 3.8) is 0 Å². The molecule has 2 atom stereocenters. The lowest BCUT2D eigenvalue weighted by molar-refractivity contribution is 0.0597. The Balaban J connectivity index is 0.000000273. The van der Waals surface area contributed by atoms with Gasteiger partial charge in [-0.05, 0) is 64.0 Å². The van der Waals surface area contributed by atoms with E-state index in [4.69, 9.17) is 5.11 Å². The average Bonchev–Trinajstić information content (AvgIpc) is 2.62. The molecule has 0 bridgehead atoms. The third kappa shape index (κ3) is 7.73. The quantitative estimate of drug-likeness (QED) is 0.514. The molecular formula is C23H32O3. The van der Waals surface area contributed by atoms with Crippen LogP contribution in [-0.2, 0) is 4.74 Å². The van der Waals surface area contributed by atoms with Gasteiger partial charge in [0.05, 0.1) is 7.11 Å². The fraction of sp³-hybridized carbons (Fsp3) is 0.435. The predicted molar refractivity (Wildman–Crippen MR) is 108 cm³/mol. The zero-order valence-corrected chi connectivity index (χ0v) is 16.7. The maximum absolute atomic E-state index is 10.9. The fourth-order valence-corrected chi connectivity index (χ4v) is 2.77. The standard InChI is InChI=1S/C15H24.C8H8O3/c1-12(2)6-5-7-14(4)15-10-8-13(3)9-11-15;1-11-8(10)6-4-2-3-5-7(6)9/h6,8-10,14-15H,5,7,11H2,1-4H3;2-5,9H,1H3/t14-,15+;/m0./s1. The van der Waals surface area contributed by atoms with E-state index in [0.717, 1.165) is 11.8 Å². The fourth-order valence-electron chi connectivity index (χ4n) is 2.77. The van der Waals surface area contributed by atoms with Crippen LogP contribution in [0.25, 0.3) is 0 Å². The lowest BCUT2D eigenvalue weighted by Gasteiger charge is -2.21. The van der Waals surface area contributed by atoms with Gasteiger partial charge >= 0.3 is 5.97 Å². The molecule has 1 N–H and O–H groups in total. The average molecular weight is 357 g/mol. The van der Waals surface area contributed by atoms with E-state index in [9.17, 15) is 4.79 Å². The van der Waals surface area contributed by atoms with E-state index >= 15 is 0 Å². The number of benzene rings is 1. The lowest BCUT2D eigenvalue weighted by atomic mass is 9.84. The van der Waals surface area contributed by atoms with E-state index in [-0.39, 0.29) is 11.3 Å². The SMILES string of the molecule is CC(C)=CCC[C@H](C)[C@@H]1C=CC(C)=CC1.COC(=O)c1ccccc1O. The first-order valence-electron chi connectivity index (χ1n) is 9.19. The lowest BCUT2D eigenvalue weighted by Crippen LogP contribution is -2.10. The van der Waals surface area contributed by atoms with Crippen molar-refractivity contribution in [1.29, 1.82) is 0 Å². The van der Waals surface area contributed by atoms with Crippen molar-refractivity contribution in [2.75, 3.05) is 7.11 Å². The molecule has 1 aromatic rings. The van der Waals surface area contributed by atoms with Crippen molar-refractivity contribution >= 4 is 5.97 Å². The highest BCUT2D eigenvalue weighted by Crippen LogP contribution is 2.26. The second-order valence-corrected chi connectivity index (χ2v) is 7.05. The van der Waals surface area contributed by atoms with Crippen molar-refractivity contribution in [3.05, 3.63) is 65.3 Å². The van der Waals surface area contributed by atoms with Gasteiger partial charge in [0, 0.05) is 0 Å². The number of methoxy groups -OCH3 is 1. The largest absolute Gasteiger partial charge is 0.507 e. The molecule has 0 unspecified atom stereocenters. The normalized spacial score (nSPS) is 16.7. The number of carbonyl (C=O) groups is 1. The van der Waals surface area contributed by atoms with E-state index < -0.39 is 5.97 Å². The highest BCUT2D eigenvalue weighted by atomic mass is 16.5. The van der Waals surface area contributed by atoms with E-state index in [1.165, 1.54) is 49.7 Å². The van der Waals surface area contributed by atoms with Crippen molar-refractivity contribution in [1.82, 2.24) is 0 Å². The molecule has 2 rings (SSSR count). The van der Waals surface area contributed by atoms with Crippen LogP contribution in [-0.4, -0.2) is 18.2 Å². The number of rotatable bonds is 5. The summed E-state index contributed by atoms with van der Waals surface area (Å²) >= 11 is 0. The van der Waals surface area contributed by atoms with Crippen LogP contribution in [0, 0.1) is 11.8 Å². The van der Waals surface area contributed by atoms with Crippen LogP contribution in [0.4, 0.5) is 0 Å². The molecule has 142 valence electrons. The first-order valence-corrected chi connectivity index (χ1v) is 9.19. The van der Waals surface area contributed by atoms with Gasteiger partial charge < -0.3 is 9.84 Å². The summed E-state index contributed by atoms with van der Waals surface area (Å²) in [6, 6.07) is 6.24. The Morgan fingerprint density at radius 1 is 1.35 bits per heavy atom. The zero-order chi connectivity index (χ0) is 19.5. The minimum absolute atomic E-state index is 0.0562. The second kappa shape index (κ2) is 11.3. The molecule has 1 aromatic carbocycles. The van der Waals surface area contributed by atoms with E-state index in [1.54, 1.807) is 12.1 Å². The van der Waals surface area contributed by atoms with Crippen molar-refractivity contribution < 1.29 is 14.6 Å². The number of hydrogen-bond acceptors (Lipinski definition) is 3. The third-order valence-corrected chi connectivity index (χ3v) is 4.53. The number of carbonyl (C=O) groups excluding carboxylic acids is 1. The van der Waals surface area contributed by atoms with Gasteiger partial charge in [0.1, 0.15) is 11.3 Å². The van der Waals surface area contributed by atoms with E-state index in [2.05, 4.69) is 56.7 Å². The van der Waals surface area contributed by atoms with Crippen molar-refractivity contribution in [2.24, 2.45) is 11.8 Å². The van der Waals surface area contributed by atoms with Crippen LogP contribution in [0.3, 0.4) is 0 Å². The highest BCUT2D eigenvalue weighted by molar-refractivity contribution is 5.92. The number of hydrogen-bond donors (Lipinski definition) is 1. The van der Waals surface area contributed by atoms with Gasteiger partial charge in [0.25, 0.3) is 0 Å². The van der Waals surface area contributed by atoms with E-state index in [1.807, 2.05) is 0 Å². The van der Waals surface area contributed by atoms with Gasteiger partial charge in [-0.1, -0.05) is 54.5 Å². The van der Waals surface area contributed by atoms with Crippen LogP contribution in [0.5, 0.6) is 5.75 Å². The van der Waals surface area contributed by atoms with Crippen LogP contribution in [0.1, 0.15) is 57.3 Å². The molecule has 0 fully saturated rings. The number of ether oxygens (including phenoxy) is 1. The number of allylic oxidation sites excluding steroid dienone is 6. The van der Waals surface area contributed by atoms with E-state index in [0.29, 0.717) is 0 Å². The second-order valence-electron chi connectivity index (χ2n) is 7.05. The van der Waals surface area contributed by atoms with Gasteiger partial charge in [-0.2, -0.15) is 0 Å². The first-order chi connectivity index (χ1) is 12.3. The molecule has 1 aliphatic rings. The smallest absolute Gasteiger partial charge is 0.341 e. The molecular weight excluding hydrogens is 324 g/mol. The summed E-state index contributed by atoms with van der Waals surface area (Å²) in [6.07, 6.45) is 13.2. The third-order valence-electron chi connectivity index (χ3n) is 4.53. The summed E-state index contributed by atoms with van der Waals surface area (Å²) in [5.74, 6) is 0.989. The van der Waals surface area contributed by atoms with Crippen LogP contribution in [0.15, 0.2) is 59.7 Å². The monoisotopic (exact) mass is 356 g/mol. The molecule has 0 amide bonds. The summed E-state index contributed by atoms with van der Waals surface area (Å²) in [6.45, 7) is 8.91. The summed E-state index contributed by atoms with van der Waals surface area (Å²) in [5, 5.41) is 9.11. The minimum atomic E-state index is -0.525. The topological polar surface area (TPSA) is 46.5 Å². The molecule has 1 aliphatic carbocycles. The summed E-state index contributed by atoms with van der Waals surface area (Å²) in [7, 11) is 1.27. The van der Waals surface area contributed by atoms with Gasteiger partial charge in [0.2, 0.25) is 0 Å². The molecule has 3 heteroatoms. The summed E-state index contributed by atoms with van der Waals surface area (Å²) in [5.41, 5.74) is 3.05. The maximum Gasteiger partial charge on any atom is 0.341 e. The summed E-state index contributed by atoms with van der Waals surface area (Å²) < 4.78 is 4.42. The predicted octanol–water partition coefficient (Wildman–Crippen LogP) is 6.07. The van der Waals surface area contributed by atoms with Crippen LogP contribution in [0.2, 0.25) is 0 Å². The Morgan fingerprint density at radius 3 is 2.58 bits per heavy atom. The van der Waals surface area contributed by atoms with Gasteiger partial charge in [0.15, 0.2) is 0 Å². The van der Waals surface area contributed by atoms with Crippen LogP contribution >= 0.6 is 0 Å². The maximum atomic E-state index is 10.9. The number of esters is 1. The molecule has 0 aliphatic heterocycles. The Hall–Kier alpha value is -2.29. The molecule has 26 heavy (non-hydrogen) atoms. The molecule has 3 nitrogen and oxygen atoms in total. The summed E-state index contributed by atoms with van der Waals surface area (Å²) in [4.78, 5) is 10.9. The Labute approximate surface area is 158 Å². The molecule has 0 spiro atoms. The zero-order valence-electron chi connectivity index (χ0n) is 16.7. The molecule has 0 aromatic heterocycles. The number of para-hydroxylation sites is 1. The van der Waals surface area contributed by atoms with Gasteiger partial charge in [-0.15, -0.1) is 0 Å². The van der Waals surface area contributed by atoms with Gasteiger partial charge in [-0.25, -0.2) is 4.79 Å². The Kier molecular flexibility index (Phi) is 9.50. The van der Waals surface area contributed by atoms with Gasteiger partial charge in [-0.3, -0.25) is 0 Å². The number of aromatic hydroxyl groups is 1. The minimum Gasteiger partial charge on any atom is -0.507 e. The molecule has 0 radical (unpaired) electrons.